The topological polar surface area (TPSA) is 46.3 Å². The Hall–Kier alpha value is -0.780. The molecule has 0 spiro atoms. The average Bonchev–Trinajstić information content (AvgIpc) is 2.11. The molecular weight excluding hydrogens is 233 g/mol. The Morgan fingerprint density at radius 1 is 1.24 bits per heavy atom. The van der Waals surface area contributed by atoms with Gasteiger partial charge in [0.05, 0.1) is 6.04 Å². The molecule has 0 bridgehead atoms. The Balaban J connectivity index is 4.74. The molecule has 0 aromatic carbocycles. The summed E-state index contributed by atoms with van der Waals surface area (Å²) in [5, 5.41) is 0. The lowest BCUT2D eigenvalue weighted by molar-refractivity contribution is -0.163. The van der Waals surface area contributed by atoms with Crippen molar-refractivity contribution in [1.29, 1.82) is 0 Å². The Morgan fingerprint density at radius 2 is 1.71 bits per heavy atom. The van der Waals surface area contributed by atoms with E-state index in [1.165, 1.54) is 0 Å². The molecule has 0 heterocycles. The standard InChI is InChI=1S/C11H21F3N2O/c1-7(2)5-16(6-11(12,13)14)10(17)9(15)8(3)4/h7-9H,5-6,15H2,1-4H3/t9-/m0/s1. The lowest BCUT2D eigenvalue weighted by Crippen LogP contribution is -2.50. The van der Waals surface area contributed by atoms with Gasteiger partial charge in [0.25, 0.3) is 0 Å². The second-order valence-electron chi connectivity index (χ2n) is 5.00. The van der Waals surface area contributed by atoms with Gasteiger partial charge in [0, 0.05) is 6.54 Å². The van der Waals surface area contributed by atoms with E-state index in [1.807, 2.05) is 0 Å². The molecule has 0 fully saturated rings. The molecule has 1 atom stereocenters. The second-order valence-corrected chi connectivity index (χ2v) is 5.00. The molecule has 102 valence electrons. The summed E-state index contributed by atoms with van der Waals surface area (Å²) < 4.78 is 37.0. The summed E-state index contributed by atoms with van der Waals surface area (Å²) in [6.45, 7) is 5.78. The summed E-state index contributed by atoms with van der Waals surface area (Å²) in [5.74, 6) is -0.836. The van der Waals surface area contributed by atoms with E-state index in [2.05, 4.69) is 0 Å². The maximum absolute atomic E-state index is 12.3. The monoisotopic (exact) mass is 254 g/mol. The van der Waals surface area contributed by atoms with E-state index in [0.29, 0.717) is 0 Å². The largest absolute Gasteiger partial charge is 0.406 e. The van der Waals surface area contributed by atoms with Crippen LogP contribution >= 0.6 is 0 Å². The van der Waals surface area contributed by atoms with Gasteiger partial charge in [-0.15, -0.1) is 0 Å². The molecule has 0 aliphatic rings. The van der Waals surface area contributed by atoms with Gasteiger partial charge in [-0.3, -0.25) is 4.79 Å². The summed E-state index contributed by atoms with van der Waals surface area (Å²) in [4.78, 5) is 12.6. The summed E-state index contributed by atoms with van der Waals surface area (Å²) >= 11 is 0. The Morgan fingerprint density at radius 3 is 2.00 bits per heavy atom. The van der Waals surface area contributed by atoms with Crippen molar-refractivity contribution in [3.05, 3.63) is 0 Å². The maximum atomic E-state index is 12.3. The van der Waals surface area contributed by atoms with Crippen molar-refractivity contribution in [2.45, 2.75) is 39.9 Å². The predicted octanol–water partition coefficient (Wildman–Crippen LogP) is 2.02. The maximum Gasteiger partial charge on any atom is 0.406 e. The third-order valence-electron chi connectivity index (χ3n) is 2.27. The minimum Gasteiger partial charge on any atom is -0.332 e. The van der Waals surface area contributed by atoms with E-state index < -0.39 is 24.7 Å². The summed E-state index contributed by atoms with van der Waals surface area (Å²) in [6.07, 6.45) is -4.39. The zero-order chi connectivity index (χ0) is 13.8. The Labute approximate surface area is 100 Å². The Kier molecular flexibility index (Phi) is 5.95. The van der Waals surface area contributed by atoms with Crippen molar-refractivity contribution in [1.82, 2.24) is 4.90 Å². The third kappa shape index (κ3) is 6.51. The van der Waals surface area contributed by atoms with Crippen LogP contribution < -0.4 is 5.73 Å². The number of hydrogen-bond acceptors (Lipinski definition) is 2. The smallest absolute Gasteiger partial charge is 0.332 e. The number of nitrogens with two attached hydrogens (primary N) is 1. The zero-order valence-electron chi connectivity index (χ0n) is 10.7. The molecule has 0 aliphatic carbocycles. The lowest BCUT2D eigenvalue weighted by atomic mass is 10.0. The molecule has 0 aliphatic heterocycles. The van der Waals surface area contributed by atoms with Gasteiger partial charge in [-0.1, -0.05) is 27.7 Å². The third-order valence-corrected chi connectivity index (χ3v) is 2.27. The molecule has 1 amide bonds. The molecule has 0 rings (SSSR count). The number of carbonyl (C=O) groups is 1. The highest BCUT2D eigenvalue weighted by Gasteiger charge is 2.35. The summed E-state index contributed by atoms with van der Waals surface area (Å²) in [6, 6.07) is -0.879. The number of hydrogen-bond donors (Lipinski definition) is 1. The van der Waals surface area contributed by atoms with Crippen LogP contribution in [0.2, 0.25) is 0 Å². The SMILES string of the molecule is CC(C)CN(CC(F)(F)F)C(=O)[C@@H](N)C(C)C. The van der Waals surface area contributed by atoms with Crippen molar-refractivity contribution in [3.8, 4) is 0 Å². The minimum absolute atomic E-state index is 0.0272. The van der Waals surface area contributed by atoms with Crippen LogP contribution in [0, 0.1) is 11.8 Å². The number of halogens is 3. The van der Waals surface area contributed by atoms with E-state index in [1.54, 1.807) is 27.7 Å². The molecule has 2 N–H and O–H groups in total. The van der Waals surface area contributed by atoms with Crippen LogP contribution in [0.5, 0.6) is 0 Å². The Bertz CT molecular complexity index is 252. The number of rotatable bonds is 5. The van der Waals surface area contributed by atoms with Gasteiger partial charge in [-0.05, 0) is 11.8 Å². The highest BCUT2D eigenvalue weighted by atomic mass is 19.4. The fraction of sp³-hybridized carbons (Fsp3) is 0.909. The van der Waals surface area contributed by atoms with Gasteiger partial charge in [0.2, 0.25) is 5.91 Å². The highest BCUT2D eigenvalue weighted by Crippen LogP contribution is 2.18. The first-order valence-corrected chi connectivity index (χ1v) is 5.65. The molecule has 0 aromatic heterocycles. The first kappa shape index (κ1) is 16.2. The first-order valence-electron chi connectivity index (χ1n) is 5.65. The molecule has 0 aromatic rings. The van der Waals surface area contributed by atoms with E-state index in [4.69, 9.17) is 5.73 Å². The van der Waals surface area contributed by atoms with Gasteiger partial charge in [-0.2, -0.15) is 13.2 Å². The van der Waals surface area contributed by atoms with Crippen LogP contribution in [0.4, 0.5) is 13.2 Å². The second kappa shape index (κ2) is 6.23. The molecule has 3 nitrogen and oxygen atoms in total. The predicted molar refractivity (Wildman–Crippen MR) is 60.3 cm³/mol. The average molecular weight is 254 g/mol. The quantitative estimate of drug-likeness (QED) is 0.815. The first-order chi connectivity index (χ1) is 7.54. The molecule has 6 heteroatoms. The fourth-order valence-corrected chi connectivity index (χ4v) is 1.39. The zero-order valence-corrected chi connectivity index (χ0v) is 10.7. The molecular formula is C11H21F3N2O. The molecule has 0 unspecified atom stereocenters. The van der Waals surface area contributed by atoms with Gasteiger partial charge in [0.15, 0.2) is 0 Å². The van der Waals surface area contributed by atoms with E-state index in [0.717, 1.165) is 4.90 Å². The van der Waals surface area contributed by atoms with Crippen LogP contribution in [0.3, 0.4) is 0 Å². The van der Waals surface area contributed by atoms with Gasteiger partial charge >= 0.3 is 6.18 Å². The minimum atomic E-state index is -4.39. The van der Waals surface area contributed by atoms with Crippen molar-refractivity contribution in [2.75, 3.05) is 13.1 Å². The van der Waals surface area contributed by atoms with Gasteiger partial charge in [-0.25, -0.2) is 0 Å². The van der Waals surface area contributed by atoms with Crippen molar-refractivity contribution in [3.63, 3.8) is 0 Å². The fourth-order valence-electron chi connectivity index (χ4n) is 1.39. The van der Waals surface area contributed by atoms with Crippen molar-refractivity contribution < 1.29 is 18.0 Å². The van der Waals surface area contributed by atoms with Crippen molar-refractivity contribution >= 4 is 5.91 Å². The molecule has 0 saturated heterocycles. The van der Waals surface area contributed by atoms with Crippen LogP contribution in [0.1, 0.15) is 27.7 Å². The van der Waals surface area contributed by atoms with Gasteiger partial charge < -0.3 is 10.6 Å². The van der Waals surface area contributed by atoms with Crippen LogP contribution in [-0.2, 0) is 4.79 Å². The van der Waals surface area contributed by atoms with Crippen LogP contribution in [0.15, 0.2) is 0 Å². The number of alkyl halides is 3. The summed E-state index contributed by atoms with van der Waals surface area (Å²) in [5.41, 5.74) is 5.60. The van der Waals surface area contributed by atoms with Crippen molar-refractivity contribution in [2.24, 2.45) is 17.6 Å². The lowest BCUT2D eigenvalue weighted by Gasteiger charge is -2.29. The number of nitrogens with zero attached hydrogens (tertiary/aromatic N) is 1. The number of carbonyl (C=O) groups excluding carboxylic acids is 1. The molecule has 17 heavy (non-hydrogen) atoms. The summed E-state index contributed by atoms with van der Waals surface area (Å²) in [7, 11) is 0. The highest BCUT2D eigenvalue weighted by molar-refractivity contribution is 5.82. The van der Waals surface area contributed by atoms with E-state index in [-0.39, 0.29) is 18.4 Å². The number of amides is 1. The van der Waals surface area contributed by atoms with Gasteiger partial charge in [0.1, 0.15) is 6.54 Å². The van der Waals surface area contributed by atoms with Crippen LogP contribution in [0.25, 0.3) is 0 Å². The molecule has 0 saturated carbocycles. The normalized spacial score (nSPS) is 14.2. The van der Waals surface area contributed by atoms with E-state index in [9.17, 15) is 18.0 Å². The van der Waals surface area contributed by atoms with E-state index >= 15 is 0 Å². The van der Waals surface area contributed by atoms with Crippen LogP contribution in [-0.4, -0.2) is 36.1 Å². The molecule has 0 radical (unpaired) electrons.